The summed E-state index contributed by atoms with van der Waals surface area (Å²) < 4.78 is 0. The van der Waals surface area contributed by atoms with Crippen LogP contribution in [0.5, 0.6) is 0 Å². The molecule has 98 valence electrons. The molecule has 2 rings (SSSR count). The molecule has 0 aliphatic rings. The highest BCUT2D eigenvalue weighted by atomic mass is 32.1. The molecule has 1 amide bonds. The molecule has 2 aromatic heterocycles. The molecule has 7 heteroatoms. The maximum Gasteiger partial charge on any atom is 0.331 e. The summed E-state index contributed by atoms with van der Waals surface area (Å²) in [4.78, 5) is 37.6. The molecule has 2 heterocycles. The molecule has 6 nitrogen and oxygen atoms in total. The number of amides is 1. The zero-order valence-corrected chi connectivity index (χ0v) is 10.4. The lowest BCUT2D eigenvalue weighted by molar-refractivity contribution is -0.139. The lowest BCUT2D eigenvalue weighted by Gasteiger charge is -2.12. The molecule has 0 aliphatic carbocycles. The van der Waals surface area contributed by atoms with Crippen LogP contribution >= 0.6 is 11.3 Å². The largest absolute Gasteiger partial charge is 0.479 e. The molecule has 0 radical (unpaired) electrons. The summed E-state index contributed by atoms with van der Waals surface area (Å²) >= 11 is 1.22. The van der Waals surface area contributed by atoms with Gasteiger partial charge in [-0.2, -0.15) is 0 Å². The monoisotopic (exact) mass is 278 g/mol. The predicted molar refractivity (Wildman–Crippen MR) is 69.2 cm³/mol. The van der Waals surface area contributed by atoms with E-state index in [1.54, 1.807) is 17.5 Å². The smallest absolute Gasteiger partial charge is 0.331 e. The molecule has 0 saturated heterocycles. The molecule has 0 spiro atoms. The van der Waals surface area contributed by atoms with E-state index in [9.17, 15) is 14.4 Å². The molecular weight excluding hydrogens is 268 g/mol. The van der Waals surface area contributed by atoms with E-state index in [0.717, 1.165) is 0 Å². The fourth-order valence-corrected chi connectivity index (χ4v) is 2.28. The summed E-state index contributed by atoms with van der Waals surface area (Å²) in [7, 11) is 0. The van der Waals surface area contributed by atoms with Crippen LogP contribution < -0.4 is 10.7 Å². The highest BCUT2D eigenvalue weighted by Crippen LogP contribution is 2.19. The number of nitrogens with one attached hydrogen (secondary N) is 2. The Kier molecular flexibility index (Phi) is 3.76. The Hall–Kier alpha value is -2.41. The van der Waals surface area contributed by atoms with Gasteiger partial charge in [-0.05, 0) is 11.4 Å². The molecule has 1 unspecified atom stereocenters. The maximum absolute atomic E-state index is 11.9. The lowest BCUT2D eigenvalue weighted by Crippen LogP contribution is -2.35. The molecule has 19 heavy (non-hydrogen) atoms. The van der Waals surface area contributed by atoms with Crippen LogP contribution in [-0.4, -0.2) is 22.0 Å². The number of aromatic amines is 1. The number of hydrogen-bond donors (Lipinski definition) is 3. The zero-order valence-electron chi connectivity index (χ0n) is 9.62. The van der Waals surface area contributed by atoms with E-state index >= 15 is 0 Å². The second-order valence-corrected chi connectivity index (χ2v) is 4.66. The maximum atomic E-state index is 11.9. The van der Waals surface area contributed by atoms with Gasteiger partial charge >= 0.3 is 5.97 Å². The van der Waals surface area contributed by atoms with Crippen LogP contribution in [0.3, 0.4) is 0 Å². The first kappa shape index (κ1) is 13.0. The molecule has 3 N–H and O–H groups in total. The van der Waals surface area contributed by atoms with Crippen molar-refractivity contribution in [1.82, 2.24) is 10.3 Å². The predicted octanol–water partition coefficient (Wildman–Crippen LogP) is 0.992. The number of thiophene rings is 1. The lowest BCUT2D eigenvalue weighted by atomic mass is 10.2. The first-order chi connectivity index (χ1) is 9.09. The third-order valence-corrected chi connectivity index (χ3v) is 3.36. The number of rotatable bonds is 4. The SMILES string of the molecule is O=C(NC(C(=O)O)c1cccs1)c1c[nH]ccc1=O. The summed E-state index contributed by atoms with van der Waals surface area (Å²) in [5.74, 6) is -1.90. The number of hydrogen-bond acceptors (Lipinski definition) is 4. The van der Waals surface area contributed by atoms with Crippen LogP contribution in [0.1, 0.15) is 21.3 Å². The van der Waals surface area contributed by atoms with E-state index in [2.05, 4.69) is 10.3 Å². The van der Waals surface area contributed by atoms with Crippen molar-refractivity contribution in [3.8, 4) is 0 Å². The van der Waals surface area contributed by atoms with Crippen molar-refractivity contribution in [2.24, 2.45) is 0 Å². The number of carbonyl (C=O) groups excluding carboxylic acids is 1. The molecule has 1 atom stereocenters. The third kappa shape index (κ3) is 2.89. The Morgan fingerprint density at radius 3 is 2.74 bits per heavy atom. The van der Waals surface area contributed by atoms with Gasteiger partial charge in [-0.3, -0.25) is 9.59 Å². The molecule has 0 fully saturated rings. The minimum Gasteiger partial charge on any atom is -0.479 e. The van der Waals surface area contributed by atoms with Gasteiger partial charge in [0.25, 0.3) is 5.91 Å². The zero-order chi connectivity index (χ0) is 13.8. The van der Waals surface area contributed by atoms with Gasteiger partial charge in [0, 0.05) is 23.3 Å². The van der Waals surface area contributed by atoms with Gasteiger partial charge in [0.15, 0.2) is 11.5 Å². The second-order valence-electron chi connectivity index (χ2n) is 3.68. The van der Waals surface area contributed by atoms with Crippen LogP contribution in [0.15, 0.2) is 40.8 Å². The minimum atomic E-state index is -1.18. The minimum absolute atomic E-state index is 0.120. The van der Waals surface area contributed by atoms with E-state index < -0.39 is 23.3 Å². The molecular formula is C12H10N2O4S. The summed E-state index contributed by atoms with van der Waals surface area (Å²) in [5.41, 5.74) is -0.586. The Morgan fingerprint density at radius 2 is 2.16 bits per heavy atom. The number of aromatic nitrogens is 1. The number of pyridine rings is 1. The summed E-state index contributed by atoms with van der Waals surface area (Å²) in [6.07, 6.45) is 2.64. The highest BCUT2D eigenvalue weighted by molar-refractivity contribution is 7.10. The molecule has 0 aliphatic heterocycles. The molecule has 2 aromatic rings. The summed E-state index contributed by atoms with van der Waals surface area (Å²) in [5, 5.41) is 13.2. The van der Waals surface area contributed by atoms with Gasteiger partial charge in [-0.25, -0.2) is 4.79 Å². The number of H-pyrrole nitrogens is 1. The van der Waals surface area contributed by atoms with E-state index in [-0.39, 0.29) is 5.56 Å². The van der Waals surface area contributed by atoms with Crippen molar-refractivity contribution < 1.29 is 14.7 Å². The van der Waals surface area contributed by atoms with E-state index in [4.69, 9.17) is 5.11 Å². The van der Waals surface area contributed by atoms with E-state index in [0.29, 0.717) is 4.88 Å². The Labute approximate surface area is 111 Å². The standard InChI is InChI=1S/C12H10N2O4S/c15-8-3-4-13-6-7(8)11(16)14-10(12(17)18)9-2-1-5-19-9/h1-6,10H,(H,13,15)(H,14,16)(H,17,18). The fourth-order valence-electron chi connectivity index (χ4n) is 1.51. The van der Waals surface area contributed by atoms with Crippen molar-refractivity contribution in [3.05, 3.63) is 56.6 Å². The van der Waals surface area contributed by atoms with Crippen molar-refractivity contribution in [2.75, 3.05) is 0 Å². The van der Waals surface area contributed by atoms with Gasteiger partial charge in [0.1, 0.15) is 5.56 Å². The van der Waals surface area contributed by atoms with E-state index in [1.165, 1.54) is 29.8 Å². The first-order valence-electron chi connectivity index (χ1n) is 5.34. The van der Waals surface area contributed by atoms with Crippen molar-refractivity contribution in [3.63, 3.8) is 0 Å². The van der Waals surface area contributed by atoms with Crippen LogP contribution in [0.25, 0.3) is 0 Å². The van der Waals surface area contributed by atoms with Crippen molar-refractivity contribution in [1.29, 1.82) is 0 Å². The summed E-state index contributed by atoms with van der Waals surface area (Å²) in [6, 6.07) is 3.35. The average Bonchev–Trinajstić information content (AvgIpc) is 2.89. The van der Waals surface area contributed by atoms with Gasteiger partial charge < -0.3 is 15.4 Å². The van der Waals surface area contributed by atoms with Crippen molar-refractivity contribution in [2.45, 2.75) is 6.04 Å². The Morgan fingerprint density at radius 1 is 1.37 bits per heavy atom. The Balaban J connectivity index is 2.24. The van der Waals surface area contributed by atoms with Gasteiger partial charge in [0.2, 0.25) is 0 Å². The van der Waals surface area contributed by atoms with E-state index in [1.807, 2.05) is 0 Å². The normalized spacial score (nSPS) is 11.8. The number of aliphatic carboxylic acids is 1. The number of carboxylic acids is 1. The van der Waals surface area contributed by atoms with Crippen LogP contribution in [0, 0.1) is 0 Å². The second kappa shape index (κ2) is 5.49. The van der Waals surface area contributed by atoms with Gasteiger partial charge in [-0.1, -0.05) is 6.07 Å². The first-order valence-corrected chi connectivity index (χ1v) is 6.21. The highest BCUT2D eigenvalue weighted by Gasteiger charge is 2.24. The number of carboxylic acid groups (broad SMARTS) is 1. The molecule has 0 saturated carbocycles. The van der Waals surface area contributed by atoms with Crippen molar-refractivity contribution >= 4 is 23.2 Å². The molecule has 0 aromatic carbocycles. The average molecular weight is 278 g/mol. The third-order valence-electron chi connectivity index (χ3n) is 2.42. The topological polar surface area (TPSA) is 99.3 Å². The van der Waals surface area contributed by atoms with Gasteiger partial charge in [-0.15, -0.1) is 11.3 Å². The Bertz CT molecular complexity index is 648. The van der Waals surface area contributed by atoms with Gasteiger partial charge in [0.05, 0.1) is 0 Å². The van der Waals surface area contributed by atoms with Crippen LogP contribution in [0.4, 0.5) is 0 Å². The number of carbonyl (C=O) groups is 2. The fraction of sp³-hybridized carbons (Fsp3) is 0.0833. The van der Waals surface area contributed by atoms with Crippen LogP contribution in [-0.2, 0) is 4.79 Å². The molecule has 0 bridgehead atoms. The summed E-state index contributed by atoms with van der Waals surface area (Å²) in [6.45, 7) is 0. The van der Waals surface area contributed by atoms with Crippen LogP contribution in [0.2, 0.25) is 0 Å². The quantitative estimate of drug-likeness (QED) is 0.776.